The van der Waals surface area contributed by atoms with Gasteiger partial charge < -0.3 is 10.2 Å². The van der Waals surface area contributed by atoms with E-state index in [0.29, 0.717) is 0 Å². The first-order valence-corrected chi connectivity index (χ1v) is 9.90. The van der Waals surface area contributed by atoms with E-state index >= 15 is 0 Å². The van der Waals surface area contributed by atoms with Gasteiger partial charge in [-0.2, -0.15) is 0 Å². The van der Waals surface area contributed by atoms with E-state index in [9.17, 15) is 14.4 Å². The largest absolute Gasteiger partial charge is 0.325 e. The van der Waals surface area contributed by atoms with Crippen molar-refractivity contribution in [3.63, 3.8) is 0 Å². The summed E-state index contributed by atoms with van der Waals surface area (Å²) in [5.41, 5.74) is 1.15. The van der Waals surface area contributed by atoms with Crippen molar-refractivity contribution in [1.82, 2.24) is 10.2 Å². The molecule has 0 bridgehead atoms. The van der Waals surface area contributed by atoms with E-state index in [4.69, 9.17) is 0 Å². The monoisotopic (exact) mass is 369 g/mol. The van der Waals surface area contributed by atoms with Gasteiger partial charge >= 0.3 is 6.03 Å². The number of urea groups is 1. The number of carbonyl (C=O) groups excluding carboxylic acids is 3. The number of rotatable bonds is 2. The molecule has 1 spiro atoms. The molecule has 27 heavy (non-hydrogen) atoms. The van der Waals surface area contributed by atoms with Gasteiger partial charge in [-0.25, -0.2) is 4.79 Å². The zero-order chi connectivity index (χ0) is 19.3. The summed E-state index contributed by atoms with van der Waals surface area (Å²) in [5, 5.41) is 2.96. The Balaban J connectivity index is 1.57. The summed E-state index contributed by atoms with van der Waals surface area (Å²) < 4.78 is 0. The predicted octanol–water partition coefficient (Wildman–Crippen LogP) is 2.71. The molecule has 1 aromatic carbocycles. The van der Waals surface area contributed by atoms with Crippen LogP contribution in [0.2, 0.25) is 0 Å². The van der Waals surface area contributed by atoms with Gasteiger partial charge in [0.25, 0.3) is 5.91 Å². The highest BCUT2D eigenvalue weighted by atomic mass is 16.2. The van der Waals surface area contributed by atoms with Gasteiger partial charge in [-0.1, -0.05) is 38.5 Å². The number of carbonyl (C=O) groups is 3. The molecule has 4 amide bonds. The normalized spacial score (nSPS) is 29.2. The Morgan fingerprint density at radius 1 is 1.15 bits per heavy atom. The maximum Gasteiger partial charge on any atom is 0.325 e. The Labute approximate surface area is 159 Å². The summed E-state index contributed by atoms with van der Waals surface area (Å²) in [7, 11) is 0. The van der Waals surface area contributed by atoms with E-state index in [1.807, 2.05) is 45.0 Å². The van der Waals surface area contributed by atoms with Gasteiger partial charge in [-0.05, 0) is 49.7 Å². The van der Waals surface area contributed by atoms with Crippen LogP contribution in [-0.4, -0.2) is 40.9 Å². The van der Waals surface area contributed by atoms with Crippen molar-refractivity contribution in [2.75, 3.05) is 11.4 Å². The fourth-order valence-electron chi connectivity index (χ4n) is 5.25. The number of hydrogen-bond acceptors (Lipinski definition) is 3. The van der Waals surface area contributed by atoms with Gasteiger partial charge in [0.15, 0.2) is 0 Å². The SMILES string of the molecule is C[C@@H]1Cc2ccccc2N1C(=O)CN1C(=O)NC2(C1=O)[C@H](C)CCC[C@H]2C. The zero-order valence-corrected chi connectivity index (χ0v) is 16.2. The van der Waals surface area contributed by atoms with Crippen LogP contribution in [0.25, 0.3) is 0 Å². The average Bonchev–Trinajstić information content (AvgIpc) is 3.09. The molecule has 0 radical (unpaired) electrons. The summed E-state index contributed by atoms with van der Waals surface area (Å²) in [6, 6.07) is 7.41. The number of fused-ring (bicyclic) bond motifs is 1. The standard InChI is InChI=1S/C21H27N3O3/c1-13-7-6-8-14(2)21(13)19(26)23(20(27)22-21)12-18(25)24-15(3)11-16-9-4-5-10-17(16)24/h4-5,9-10,13-15H,6-8,11-12H2,1-3H3,(H,22,27)/t13-,14-,15-/m1/s1. The van der Waals surface area contributed by atoms with Crippen molar-refractivity contribution in [3.05, 3.63) is 29.8 Å². The quantitative estimate of drug-likeness (QED) is 0.815. The van der Waals surface area contributed by atoms with Crippen molar-refractivity contribution in [2.24, 2.45) is 11.8 Å². The highest BCUT2D eigenvalue weighted by Gasteiger charge is 2.58. The number of nitrogens with zero attached hydrogens (tertiary/aromatic N) is 2. The van der Waals surface area contributed by atoms with Crippen LogP contribution in [0.15, 0.2) is 24.3 Å². The fraction of sp³-hybridized carbons (Fsp3) is 0.571. The topological polar surface area (TPSA) is 69.7 Å². The maximum atomic E-state index is 13.3. The molecule has 1 aliphatic carbocycles. The molecule has 0 aromatic heterocycles. The first kappa shape index (κ1) is 18.0. The summed E-state index contributed by atoms with van der Waals surface area (Å²) in [4.78, 5) is 41.8. The lowest BCUT2D eigenvalue weighted by atomic mass is 9.67. The molecule has 3 aliphatic rings. The molecular formula is C21H27N3O3. The van der Waals surface area contributed by atoms with E-state index in [0.717, 1.165) is 41.8 Å². The van der Waals surface area contributed by atoms with Crippen molar-refractivity contribution in [3.8, 4) is 0 Å². The van der Waals surface area contributed by atoms with Gasteiger partial charge in [-0.3, -0.25) is 14.5 Å². The summed E-state index contributed by atoms with van der Waals surface area (Å²) >= 11 is 0. The number of benzene rings is 1. The highest BCUT2D eigenvalue weighted by molar-refractivity contribution is 6.11. The van der Waals surface area contributed by atoms with E-state index < -0.39 is 11.6 Å². The molecule has 4 rings (SSSR count). The van der Waals surface area contributed by atoms with Crippen LogP contribution in [0.4, 0.5) is 10.5 Å². The lowest BCUT2D eigenvalue weighted by Crippen LogP contribution is -2.59. The van der Waals surface area contributed by atoms with Crippen LogP contribution in [0.3, 0.4) is 0 Å². The van der Waals surface area contributed by atoms with Crippen LogP contribution >= 0.6 is 0 Å². The fourth-order valence-corrected chi connectivity index (χ4v) is 5.25. The molecule has 2 aliphatic heterocycles. The average molecular weight is 369 g/mol. The van der Waals surface area contributed by atoms with Crippen LogP contribution in [0, 0.1) is 11.8 Å². The minimum atomic E-state index is -0.857. The van der Waals surface area contributed by atoms with Crippen molar-refractivity contribution in [1.29, 1.82) is 0 Å². The van der Waals surface area contributed by atoms with Crippen molar-refractivity contribution < 1.29 is 14.4 Å². The molecule has 1 saturated heterocycles. The Bertz CT molecular complexity index is 796. The molecule has 1 aromatic rings. The van der Waals surface area contributed by atoms with Crippen molar-refractivity contribution in [2.45, 2.75) is 58.0 Å². The summed E-state index contributed by atoms with van der Waals surface area (Å²) in [6.07, 6.45) is 3.68. The summed E-state index contributed by atoms with van der Waals surface area (Å²) in [6.45, 7) is 5.84. The minimum Gasteiger partial charge on any atom is -0.323 e. The summed E-state index contributed by atoms with van der Waals surface area (Å²) in [5.74, 6) is -0.293. The lowest BCUT2D eigenvalue weighted by molar-refractivity contribution is -0.138. The smallest absolute Gasteiger partial charge is 0.323 e. The highest BCUT2D eigenvalue weighted by Crippen LogP contribution is 2.42. The Morgan fingerprint density at radius 3 is 2.52 bits per heavy atom. The van der Waals surface area contributed by atoms with E-state index in [-0.39, 0.29) is 36.2 Å². The molecule has 6 nitrogen and oxygen atoms in total. The molecular weight excluding hydrogens is 342 g/mol. The first-order valence-electron chi connectivity index (χ1n) is 9.90. The third kappa shape index (κ3) is 2.57. The number of para-hydroxylation sites is 1. The molecule has 6 heteroatoms. The molecule has 1 saturated carbocycles. The second-order valence-electron chi connectivity index (χ2n) is 8.37. The number of hydrogen-bond donors (Lipinski definition) is 1. The minimum absolute atomic E-state index is 0.0251. The van der Waals surface area contributed by atoms with Gasteiger partial charge in [0.05, 0.1) is 0 Å². The number of imide groups is 1. The van der Waals surface area contributed by atoms with Crippen LogP contribution in [-0.2, 0) is 16.0 Å². The first-order chi connectivity index (χ1) is 12.9. The van der Waals surface area contributed by atoms with Gasteiger partial charge in [-0.15, -0.1) is 0 Å². The molecule has 2 fully saturated rings. The second kappa shape index (κ2) is 6.36. The van der Waals surface area contributed by atoms with E-state index in [2.05, 4.69) is 5.32 Å². The zero-order valence-electron chi connectivity index (χ0n) is 16.2. The molecule has 3 atom stereocenters. The van der Waals surface area contributed by atoms with E-state index in [1.54, 1.807) is 4.90 Å². The Hall–Kier alpha value is -2.37. The third-order valence-corrected chi connectivity index (χ3v) is 6.76. The van der Waals surface area contributed by atoms with E-state index in [1.165, 1.54) is 0 Å². The molecule has 2 heterocycles. The number of nitrogens with one attached hydrogen (secondary N) is 1. The maximum absolute atomic E-state index is 13.3. The van der Waals surface area contributed by atoms with Crippen molar-refractivity contribution >= 4 is 23.5 Å². The third-order valence-electron chi connectivity index (χ3n) is 6.76. The number of amides is 4. The lowest BCUT2D eigenvalue weighted by Gasteiger charge is -2.42. The van der Waals surface area contributed by atoms with Gasteiger partial charge in [0.1, 0.15) is 12.1 Å². The van der Waals surface area contributed by atoms with Crippen LogP contribution < -0.4 is 10.2 Å². The Morgan fingerprint density at radius 2 is 1.81 bits per heavy atom. The van der Waals surface area contributed by atoms with Gasteiger partial charge in [0.2, 0.25) is 5.91 Å². The van der Waals surface area contributed by atoms with Crippen LogP contribution in [0.5, 0.6) is 0 Å². The molecule has 144 valence electrons. The Kier molecular flexibility index (Phi) is 4.24. The van der Waals surface area contributed by atoms with Gasteiger partial charge in [0, 0.05) is 11.7 Å². The predicted molar refractivity (Wildman–Crippen MR) is 102 cm³/mol. The molecule has 0 unspecified atom stereocenters. The molecule has 1 N–H and O–H groups in total. The van der Waals surface area contributed by atoms with Crippen LogP contribution in [0.1, 0.15) is 45.6 Å². The second-order valence-corrected chi connectivity index (χ2v) is 8.37. The number of anilines is 1.